The summed E-state index contributed by atoms with van der Waals surface area (Å²) in [5.41, 5.74) is 0.742. The van der Waals surface area contributed by atoms with Crippen molar-refractivity contribution >= 4 is 17.0 Å². The predicted octanol–water partition coefficient (Wildman–Crippen LogP) is 3.67. The fraction of sp³-hybridized carbons (Fsp3) is 0.571. The number of aromatic nitrogens is 4. The molecule has 40 heavy (non-hydrogen) atoms. The topological polar surface area (TPSA) is 101 Å². The summed E-state index contributed by atoms with van der Waals surface area (Å²) in [5, 5.41) is 9.28. The summed E-state index contributed by atoms with van der Waals surface area (Å²) in [6.07, 6.45) is -2.82. The number of ether oxygens (including phenoxy) is 2. The van der Waals surface area contributed by atoms with E-state index in [1.165, 1.54) is 16.2 Å². The van der Waals surface area contributed by atoms with Crippen LogP contribution in [-0.4, -0.2) is 67.8 Å². The van der Waals surface area contributed by atoms with Gasteiger partial charge in [0.25, 0.3) is 6.43 Å². The maximum absolute atomic E-state index is 13.5. The molecular weight excluding hydrogens is 520 g/mol. The molecule has 2 aliphatic heterocycles. The van der Waals surface area contributed by atoms with Crippen molar-refractivity contribution in [2.75, 3.05) is 24.6 Å². The van der Waals surface area contributed by atoms with Crippen LogP contribution in [0.25, 0.3) is 11.2 Å². The molecule has 0 amide bonds. The number of fused-ring (bicyclic) bond motifs is 2. The number of aryl methyl sites for hydroxylation is 1. The Labute approximate surface area is 231 Å². The van der Waals surface area contributed by atoms with E-state index in [9.17, 15) is 18.8 Å². The monoisotopic (exact) mass is 555 g/mol. The minimum absolute atomic E-state index is 0.0581. The van der Waals surface area contributed by atoms with Crippen molar-refractivity contribution in [3.63, 3.8) is 0 Å². The summed E-state index contributed by atoms with van der Waals surface area (Å²) in [7, 11) is 1.49. The summed E-state index contributed by atoms with van der Waals surface area (Å²) in [4.78, 5) is 26.2. The van der Waals surface area contributed by atoms with Crippen LogP contribution in [0.1, 0.15) is 52.0 Å². The zero-order valence-electron chi connectivity index (χ0n) is 23.7. The Bertz CT molecular complexity index is 1530. The first-order valence-electron chi connectivity index (χ1n) is 13.5. The van der Waals surface area contributed by atoms with E-state index in [1.807, 2.05) is 36.9 Å². The minimum atomic E-state index is -2.67. The standard InChI is InChI=1S/C28H35F2N7O3/c1-16-13-36(25-24-26(34(6)27(38)33-25)37(14-22(29)30)23(32-24)9-10-31)17(2)12-35(16)18(3)19-7-8-20-21(11-19)40-28(4,5)15-39-20/h7-8,11,16-18,22H,9,12-15H2,1-6H3/t16-,17+,18?/m1/s1. The predicted molar refractivity (Wildman–Crippen MR) is 146 cm³/mol. The fourth-order valence-corrected chi connectivity index (χ4v) is 5.77. The SMILES string of the molecule is CC(c1ccc2c(c1)OC(C)(C)CO2)N1C[C@H](C)N(c2nc(=O)n(C)c3c2nc(CC#N)n3CC(F)F)C[C@H]1C. The van der Waals surface area contributed by atoms with E-state index < -0.39 is 24.3 Å². The normalized spacial score (nSPS) is 21.6. The molecule has 0 radical (unpaired) electrons. The lowest BCUT2D eigenvalue weighted by molar-refractivity contribution is 0.0209. The van der Waals surface area contributed by atoms with E-state index in [2.05, 4.69) is 41.7 Å². The summed E-state index contributed by atoms with van der Waals surface area (Å²) in [6.45, 7) is 11.4. The molecule has 1 fully saturated rings. The minimum Gasteiger partial charge on any atom is -0.486 e. The molecule has 4 heterocycles. The molecule has 10 nitrogen and oxygen atoms in total. The maximum Gasteiger partial charge on any atom is 0.350 e. The van der Waals surface area contributed by atoms with Crippen molar-refractivity contribution in [2.24, 2.45) is 7.05 Å². The third kappa shape index (κ3) is 4.98. The summed E-state index contributed by atoms with van der Waals surface area (Å²) in [6, 6.07) is 8.14. The van der Waals surface area contributed by atoms with E-state index in [0.29, 0.717) is 31.0 Å². The molecule has 1 saturated heterocycles. The Morgan fingerprint density at radius 3 is 2.62 bits per heavy atom. The van der Waals surface area contributed by atoms with Crippen LogP contribution in [0.5, 0.6) is 11.5 Å². The molecule has 0 N–H and O–H groups in total. The van der Waals surface area contributed by atoms with Crippen LogP contribution in [0.3, 0.4) is 0 Å². The van der Waals surface area contributed by atoms with Crippen molar-refractivity contribution in [2.45, 2.75) is 77.7 Å². The zero-order chi connectivity index (χ0) is 28.9. The van der Waals surface area contributed by atoms with Gasteiger partial charge in [0, 0.05) is 38.3 Å². The van der Waals surface area contributed by atoms with Gasteiger partial charge in [-0.25, -0.2) is 18.6 Å². The van der Waals surface area contributed by atoms with Crippen molar-refractivity contribution in [3.8, 4) is 17.6 Å². The number of halogens is 2. The van der Waals surface area contributed by atoms with Gasteiger partial charge in [-0.1, -0.05) is 6.07 Å². The number of anilines is 1. The highest BCUT2D eigenvalue weighted by Crippen LogP contribution is 2.39. The van der Waals surface area contributed by atoms with Crippen LogP contribution in [0.2, 0.25) is 0 Å². The lowest BCUT2D eigenvalue weighted by Crippen LogP contribution is -2.57. The van der Waals surface area contributed by atoms with Crippen LogP contribution < -0.4 is 20.1 Å². The van der Waals surface area contributed by atoms with Crippen LogP contribution in [-0.2, 0) is 20.0 Å². The Balaban J connectivity index is 1.46. The van der Waals surface area contributed by atoms with Gasteiger partial charge < -0.3 is 18.9 Å². The number of imidazole rings is 1. The van der Waals surface area contributed by atoms with Gasteiger partial charge >= 0.3 is 5.69 Å². The van der Waals surface area contributed by atoms with E-state index >= 15 is 0 Å². The second kappa shape index (κ2) is 10.4. The van der Waals surface area contributed by atoms with Gasteiger partial charge in [0.2, 0.25) is 0 Å². The third-order valence-electron chi connectivity index (χ3n) is 7.81. The molecular formula is C28H35F2N7O3. The van der Waals surface area contributed by atoms with E-state index in [1.54, 1.807) is 0 Å². The van der Waals surface area contributed by atoms with Crippen LogP contribution in [0.4, 0.5) is 14.6 Å². The lowest BCUT2D eigenvalue weighted by atomic mass is 10.00. The van der Waals surface area contributed by atoms with Gasteiger partial charge in [0.15, 0.2) is 17.3 Å². The van der Waals surface area contributed by atoms with Crippen molar-refractivity contribution in [3.05, 3.63) is 40.1 Å². The fourth-order valence-electron chi connectivity index (χ4n) is 5.77. The van der Waals surface area contributed by atoms with Crippen molar-refractivity contribution in [1.29, 1.82) is 5.26 Å². The number of hydrogen-bond donors (Lipinski definition) is 0. The molecule has 1 aromatic carbocycles. The highest BCUT2D eigenvalue weighted by atomic mass is 19.3. The number of hydrogen-bond acceptors (Lipinski definition) is 8. The molecule has 1 unspecified atom stereocenters. The van der Waals surface area contributed by atoms with E-state index in [0.717, 1.165) is 17.1 Å². The molecule has 214 valence electrons. The average molecular weight is 556 g/mol. The molecule has 3 aromatic rings. The van der Waals surface area contributed by atoms with Crippen molar-refractivity contribution < 1.29 is 18.3 Å². The average Bonchev–Trinajstić information content (AvgIpc) is 3.23. The highest BCUT2D eigenvalue weighted by molar-refractivity contribution is 5.85. The first kappa shape index (κ1) is 27.8. The molecule has 5 rings (SSSR count). The summed E-state index contributed by atoms with van der Waals surface area (Å²) < 4.78 is 41.5. The number of alkyl halides is 2. The highest BCUT2D eigenvalue weighted by Gasteiger charge is 2.36. The molecule has 0 saturated carbocycles. The number of nitrogens with zero attached hydrogens (tertiary/aromatic N) is 7. The number of benzene rings is 1. The van der Waals surface area contributed by atoms with Crippen LogP contribution >= 0.6 is 0 Å². The van der Waals surface area contributed by atoms with Gasteiger partial charge in [-0.3, -0.25) is 9.47 Å². The third-order valence-corrected chi connectivity index (χ3v) is 7.81. The maximum atomic E-state index is 13.5. The Hall–Kier alpha value is -3.72. The number of piperazine rings is 1. The second-order valence-corrected chi connectivity index (χ2v) is 11.4. The largest absolute Gasteiger partial charge is 0.486 e. The first-order valence-corrected chi connectivity index (χ1v) is 13.5. The molecule has 2 aromatic heterocycles. The van der Waals surface area contributed by atoms with E-state index in [4.69, 9.17) is 9.47 Å². The van der Waals surface area contributed by atoms with Gasteiger partial charge in [-0.05, 0) is 52.3 Å². The van der Waals surface area contributed by atoms with Gasteiger partial charge in [-0.2, -0.15) is 10.2 Å². The molecule has 12 heteroatoms. The quantitative estimate of drug-likeness (QED) is 0.454. The van der Waals surface area contributed by atoms with Gasteiger partial charge in [0.05, 0.1) is 19.0 Å². The molecule has 0 spiro atoms. The molecule has 0 bridgehead atoms. The Morgan fingerprint density at radius 1 is 1.18 bits per heavy atom. The van der Waals surface area contributed by atoms with E-state index in [-0.39, 0.29) is 36.0 Å². The molecule has 3 atom stereocenters. The summed E-state index contributed by atoms with van der Waals surface area (Å²) in [5.74, 6) is 2.03. The van der Waals surface area contributed by atoms with Gasteiger partial charge in [0.1, 0.15) is 29.2 Å². The Kier molecular flexibility index (Phi) is 7.20. The van der Waals surface area contributed by atoms with Crippen LogP contribution in [0, 0.1) is 11.3 Å². The number of rotatable bonds is 6. The van der Waals surface area contributed by atoms with Crippen molar-refractivity contribution in [1.82, 2.24) is 24.0 Å². The van der Waals surface area contributed by atoms with Gasteiger partial charge in [-0.15, -0.1) is 0 Å². The van der Waals surface area contributed by atoms with Crippen LogP contribution in [0.15, 0.2) is 23.0 Å². The second-order valence-electron chi connectivity index (χ2n) is 11.4. The molecule has 0 aliphatic carbocycles. The lowest BCUT2D eigenvalue weighted by Gasteiger charge is -2.47. The zero-order valence-corrected chi connectivity index (χ0v) is 23.7. The Morgan fingerprint density at radius 2 is 1.93 bits per heavy atom. The summed E-state index contributed by atoms with van der Waals surface area (Å²) >= 11 is 0. The number of nitriles is 1. The smallest absolute Gasteiger partial charge is 0.350 e. The molecule has 2 aliphatic rings. The first-order chi connectivity index (χ1) is 18.9.